The molecule has 2 heterocycles. The summed E-state index contributed by atoms with van der Waals surface area (Å²) in [5.74, 6) is 0.728. The van der Waals surface area contributed by atoms with Gasteiger partial charge in [-0.25, -0.2) is 0 Å². The minimum absolute atomic E-state index is 0.0109. The molecule has 1 aliphatic rings. The number of aromatic nitrogens is 2. The number of ether oxygens (including phenoxy) is 1. The Morgan fingerprint density at radius 1 is 1.07 bits per heavy atom. The third-order valence-corrected chi connectivity index (χ3v) is 5.04. The van der Waals surface area contributed by atoms with E-state index in [9.17, 15) is 4.79 Å². The molecule has 5 nitrogen and oxygen atoms in total. The van der Waals surface area contributed by atoms with Gasteiger partial charge in [0.2, 0.25) is 0 Å². The number of amides is 1. The van der Waals surface area contributed by atoms with Gasteiger partial charge in [0.15, 0.2) is 6.61 Å². The van der Waals surface area contributed by atoms with Gasteiger partial charge in [0, 0.05) is 37.2 Å². The second kappa shape index (κ2) is 8.30. The van der Waals surface area contributed by atoms with E-state index in [-0.39, 0.29) is 12.5 Å². The molecule has 0 radical (unpaired) electrons. The molecule has 0 saturated carbocycles. The van der Waals surface area contributed by atoms with Crippen LogP contribution in [0.3, 0.4) is 0 Å². The highest BCUT2D eigenvalue weighted by atomic mass is 16.5. The summed E-state index contributed by atoms with van der Waals surface area (Å²) >= 11 is 0. The molecule has 1 aromatic heterocycles. The first-order valence-corrected chi connectivity index (χ1v) is 9.86. The van der Waals surface area contributed by atoms with E-state index in [1.54, 1.807) is 0 Å². The van der Waals surface area contributed by atoms with E-state index in [4.69, 9.17) is 9.84 Å². The lowest BCUT2D eigenvalue weighted by Crippen LogP contribution is -2.38. The molecule has 0 fully saturated rings. The van der Waals surface area contributed by atoms with E-state index in [0.29, 0.717) is 18.8 Å². The number of rotatable bonds is 6. The van der Waals surface area contributed by atoms with Gasteiger partial charge in [0.25, 0.3) is 5.91 Å². The number of carbonyl (C=O) groups excluding carboxylic acids is 1. The van der Waals surface area contributed by atoms with Gasteiger partial charge >= 0.3 is 0 Å². The van der Waals surface area contributed by atoms with Crippen molar-refractivity contribution in [3.05, 3.63) is 71.9 Å². The molecule has 144 valence electrons. The normalized spacial score (nSPS) is 13.2. The monoisotopic (exact) mass is 375 g/mol. The fourth-order valence-corrected chi connectivity index (χ4v) is 3.69. The number of aryl methyl sites for hydroxylation is 1. The summed E-state index contributed by atoms with van der Waals surface area (Å²) in [7, 11) is 0. The van der Waals surface area contributed by atoms with Crippen molar-refractivity contribution in [1.82, 2.24) is 14.7 Å². The number of nitrogens with zero attached hydrogens (tertiary/aromatic N) is 3. The summed E-state index contributed by atoms with van der Waals surface area (Å²) in [4.78, 5) is 14.6. The van der Waals surface area contributed by atoms with Crippen LogP contribution in [0, 0.1) is 0 Å². The lowest BCUT2D eigenvalue weighted by atomic mass is 10.0. The fourth-order valence-electron chi connectivity index (χ4n) is 3.69. The van der Waals surface area contributed by atoms with Crippen molar-refractivity contribution >= 4 is 5.91 Å². The smallest absolute Gasteiger partial charge is 0.260 e. The van der Waals surface area contributed by atoms with Crippen molar-refractivity contribution in [3.8, 4) is 17.0 Å². The predicted octanol–water partition coefficient (Wildman–Crippen LogP) is 3.92. The first kappa shape index (κ1) is 18.3. The van der Waals surface area contributed by atoms with Gasteiger partial charge in [-0.2, -0.15) is 5.10 Å². The predicted molar refractivity (Wildman–Crippen MR) is 109 cm³/mol. The van der Waals surface area contributed by atoms with Crippen LogP contribution < -0.4 is 4.74 Å². The molecular formula is C23H25N3O2. The summed E-state index contributed by atoms with van der Waals surface area (Å²) in [6.45, 7) is 4.36. The molecule has 28 heavy (non-hydrogen) atoms. The van der Waals surface area contributed by atoms with Gasteiger partial charge in [-0.1, -0.05) is 55.5 Å². The highest BCUT2D eigenvalue weighted by Crippen LogP contribution is 2.31. The molecule has 5 heteroatoms. The van der Waals surface area contributed by atoms with Crippen LogP contribution in [0.1, 0.15) is 24.6 Å². The maximum Gasteiger partial charge on any atom is 0.260 e. The van der Waals surface area contributed by atoms with Gasteiger partial charge in [0.1, 0.15) is 5.75 Å². The summed E-state index contributed by atoms with van der Waals surface area (Å²) in [6.07, 6.45) is 1.80. The van der Waals surface area contributed by atoms with Gasteiger partial charge in [0.05, 0.1) is 11.4 Å². The molecule has 4 rings (SSSR count). The first-order valence-electron chi connectivity index (χ1n) is 9.86. The van der Waals surface area contributed by atoms with Crippen LogP contribution >= 0.6 is 0 Å². The average Bonchev–Trinajstić information content (AvgIpc) is 3.11. The van der Waals surface area contributed by atoms with Gasteiger partial charge in [-0.05, 0) is 18.6 Å². The van der Waals surface area contributed by atoms with Gasteiger partial charge in [-0.3, -0.25) is 9.48 Å². The molecule has 0 unspecified atom stereocenters. The summed E-state index contributed by atoms with van der Waals surface area (Å²) in [5, 5.41) is 4.85. The maximum atomic E-state index is 12.7. The van der Waals surface area contributed by atoms with Crippen molar-refractivity contribution < 1.29 is 9.53 Å². The van der Waals surface area contributed by atoms with Gasteiger partial charge < -0.3 is 9.64 Å². The minimum Gasteiger partial charge on any atom is -0.484 e. The molecule has 0 bridgehead atoms. The summed E-state index contributed by atoms with van der Waals surface area (Å²) < 4.78 is 7.76. The standard InChI is InChI=1S/C23H25N3O2/c1-2-14-26-23(18-9-5-3-6-10-18)20-16-25(15-13-21(20)24-26)22(27)17-28-19-11-7-4-8-12-19/h3-12H,2,13-17H2,1H3. The third kappa shape index (κ3) is 3.79. The van der Waals surface area contributed by atoms with Crippen LogP contribution in [0.25, 0.3) is 11.3 Å². The Morgan fingerprint density at radius 3 is 2.50 bits per heavy atom. The quantitative estimate of drug-likeness (QED) is 0.656. The Kier molecular flexibility index (Phi) is 5.42. The second-order valence-corrected chi connectivity index (χ2v) is 7.03. The molecule has 0 atom stereocenters. The van der Waals surface area contributed by atoms with Crippen molar-refractivity contribution in [3.63, 3.8) is 0 Å². The molecule has 0 aliphatic carbocycles. The molecule has 0 spiro atoms. The van der Waals surface area contributed by atoms with E-state index in [2.05, 4.69) is 23.7 Å². The Morgan fingerprint density at radius 2 is 1.79 bits per heavy atom. The van der Waals surface area contributed by atoms with Crippen LogP contribution in [-0.2, 0) is 24.3 Å². The number of benzene rings is 2. The highest BCUT2D eigenvalue weighted by molar-refractivity contribution is 5.78. The largest absolute Gasteiger partial charge is 0.484 e. The average molecular weight is 375 g/mol. The van der Waals surface area contributed by atoms with E-state index in [0.717, 1.165) is 36.3 Å². The molecule has 1 amide bonds. The number of hydrogen-bond acceptors (Lipinski definition) is 3. The lowest BCUT2D eigenvalue weighted by molar-refractivity contribution is -0.134. The van der Waals surface area contributed by atoms with Crippen LogP contribution in [0.2, 0.25) is 0 Å². The summed E-state index contributed by atoms with van der Waals surface area (Å²) in [6, 6.07) is 19.8. The van der Waals surface area contributed by atoms with Crippen LogP contribution in [-0.4, -0.2) is 33.7 Å². The lowest BCUT2D eigenvalue weighted by Gasteiger charge is -2.27. The molecule has 2 aromatic carbocycles. The molecule has 0 saturated heterocycles. The molecule has 0 N–H and O–H groups in total. The van der Waals surface area contributed by atoms with Crippen molar-refractivity contribution in [1.29, 1.82) is 0 Å². The number of hydrogen-bond donors (Lipinski definition) is 0. The summed E-state index contributed by atoms with van der Waals surface area (Å²) in [5.41, 5.74) is 4.57. The molecule has 1 aliphatic heterocycles. The zero-order chi connectivity index (χ0) is 19.3. The van der Waals surface area contributed by atoms with Crippen LogP contribution in [0.4, 0.5) is 0 Å². The van der Waals surface area contributed by atoms with Gasteiger partial charge in [-0.15, -0.1) is 0 Å². The molecule has 3 aromatic rings. The second-order valence-electron chi connectivity index (χ2n) is 7.03. The van der Waals surface area contributed by atoms with Crippen LogP contribution in [0.15, 0.2) is 60.7 Å². The van der Waals surface area contributed by atoms with E-state index >= 15 is 0 Å². The van der Waals surface area contributed by atoms with E-state index < -0.39 is 0 Å². The SMILES string of the molecule is CCCn1nc2c(c1-c1ccccc1)CN(C(=O)COc1ccccc1)CC2. The Bertz CT molecular complexity index is 935. The van der Waals surface area contributed by atoms with Crippen molar-refractivity contribution in [2.75, 3.05) is 13.2 Å². The fraction of sp³-hybridized carbons (Fsp3) is 0.304. The number of carbonyl (C=O) groups is 1. The van der Waals surface area contributed by atoms with E-state index in [1.165, 1.54) is 5.56 Å². The minimum atomic E-state index is 0.0109. The third-order valence-electron chi connectivity index (χ3n) is 5.04. The van der Waals surface area contributed by atoms with Crippen LogP contribution in [0.5, 0.6) is 5.75 Å². The van der Waals surface area contributed by atoms with Crippen molar-refractivity contribution in [2.45, 2.75) is 32.9 Å². The zero-order valence-electron chi connectivity index (χ0n) is 16.2. The zero-order valence-corrected chi connectivity index (χ0v) is 16.2. The maximum absolute atomic E-state index is 12.7. The molecular weight excluding hydrogens is 350 g/mol. The topological polar surface area (TPSA) is 47.4 Å². The van der Waals surface area contributed by atoms with Crippen molar-refractivity contribution in [2.24, 2.45) is 0 Å². The number of fused-ring (bicyclic) bond motifs is 1. The Labute approximate surface area is 165 Å². The van der Waals surface area contributed by atoms with E-state index in [1.807, 2.05) is 53.4 Å². The Hall–Kier alpha value is -3.08. The Balaban J connectivity index is 1.55. The highest BCUT2D eigenvalue weighted by Gasteiger charge is 2.27. The number of para-hydroxylation sites is 1. The first-order chi connectivity index (χ1) is 13.8.